The van der Waals surface area contributed by atoms with Crippen LogP contribution in [0, 0.1) is 13.8 Å². The van der Waals surface area contributed by atoms with Crippen molar-refractivity contribution in [3.63, 3.8) is 0 Å². The zero-order chi connectivity index (χ0) is 15.5. The van der Waals surface area contributed by atoms with Crippen LogP contribution in [-0.2, 0) is 6.54 Å². The smallest absolute Gasteiger partial charge is 0.0648 e. The zero-order valence-corrected chi connectivity index (χ0v) is 13.5. The van der Waals surface area contributed by atoms with E-state index >= 15 is 0 Å². The summed E-state index contributed by atoms with van der Waals surface area (Å²) in [5, 5.41) is 14.0. The molecule has 118 valence electrons. The summed E-state index contributed by atoms with van der Waals surface area (Å²) in [7, 11) is 0. The van der Waals surface area contributed by atoms with E-state index in [0.29, 0.717) is 6.04 Å². The number of aliphatic hydroxyl groups is 1. The maximum absolute atomic E-state index is 9.51. The first-order valence-corrected chi connectivity index (χ1v) is 8.15. The third kappa shape index (κ3) is 3.23. The Morgan fingerprint density at radius 2 is 1.95 bits per heavy atom. The van der Waals surface area contributed by atoms with Crippen LogP contribution in [0.1, 0.15) is 36.2 Å². The minimum absolute atomic E-state index is 0.268. The summed E-state index contributed by atoms with van der Waals surface area (Å²) in [6.45, 7) is 6.37. The third-order valence-corrected chi connectivity index (χ3v) is 4.54. The highest BCUT2D eigenvalue weighted by Gasteiger charge is 2.21. The van der Waals surface area contributed by atoms with Crippen molar-refractivity contribution < 1.29 is 5.11 Å². The van der Waals surface area contributed by atoms with Crippen LogP contribution in [0.25, 0.3) is 5.69 Å². The number of hydrogen-bond donors (Lipinski definition) is 1. The van der Waals surface area contributed by atoms with Crippen LogP contribution in [0.3, 0.4) is 0 Å². The summed E-state index contributed by atoms with van der Waals surface area (Å²) in [5.41, 5.74) is 4.60. The molecular formula is C18H25N3O. The molecule has 1 fully saturated rings. The molecule has 0 bridgehead atoms. The molecule has 1 atom stereocenters. The van der Waals surface area contributed by atoms with Crippen LogP contribution in [0.15, 0.2) is 30.3 Å². The average molecular weight is 299 g/mol. The normalized spacial score (nSPS) is 19.5. The molecule has 2 aromatic rings. The van der Waals surface area contributed by atoms with Gasteiger partial charge in [-0.05, 0) is 57.0 Å². The van der Waals surface area contributed by atoms with Crippen LogP contribution < -0.4 is 0 Å². The number of nitrogens with zero attached hydrogens (tertiary/aromatic N) is 3. The molecule has 1 aliphatic heterocycles. The molecule has 4 heteroatoms. The van der Waals surface area contributed by atoms with E-state index in [1.165, 1.54) is 18.4 Å². The van der Waals surface area contributed by atoms with Gasteiger partial charge in [0, 0.05) is 18.3 Å². The topological polar surface area (TPSA) is 41.3 Å². The van der Waals surface area contributed by atoms with Gasteiger partial charge < -0.3 is 5.11 Å². The number of rotatable bonds is 4. The van der Waals surface area contributed by atoms with E-state index < -0.39 is 0 Å². The van der Waals surface area contributed by atoms with Gasteiger partial charge in [0.15, 0.2) is 0 Å². The van der Waals surface area contributed by atoms with Gasteiger partial charge in [-0.2, -0.15) is 5.10 Å². The molecule has 1 aromatic heterocycles. The van der Waals surface area contributed by atoms with Gasteiger partial charge in [0.1, 0.15) is 0 Å². The number of aliphatic hydroxyl groups excluding tert-OH is 1. The van der Waals surface area contributed by atoms with Crippen LogP contribution >= 0.6 is 0 Å². The van der Waals surface area contributed by atoms with E-state index in [-0.39, 0.29) is 6.61 Å². The van der Waals surface area contributed by atoms with Crippen LogP contribution in [-0.4, -0.2) is 39.0 Å². The summed E-state index contributed by atoms with van der Waals surface area (Å²) in [6, 6.07) is 11.0. The largest absolute Gasteiger partial charge is 0.395 e. The van der Waals surface area contributed by atoms with E-state index in [9.17, 15) is 5.11 Å². The molecule has 1 aliphatic rings. The van der Waals surface area contributed by atoms with E-state index in [2.05, 4.69) is 47.3 Å². The van der Waals surface area contributed by atoms with Gasteiger partial charge in [-0.1, -0.05) is 18.6 Å². The van der Waals surface area contributed by atoms with Gasteiger partial charge in [0.25, 0.3) is 0 Å². The molecule has 4 nitrogen and oxygen atoms in total. The molecule has 0 radical (unpaired) electrons. The summed E-state index contributed by atoms with van der Waals surface area (Å²) in [5.74, 6) is 0. The molecule has 0 saturated carbocycles. The number of benzene rings is 1. The van der Waals surface area contributed by atoms with E-state index in [4.69, 9.17) is 0 Å². The Kier molecular flexibility index (Phi) is 4.60. The first kappa shape index (κ1) is 15.3. The van der Waals surface area contributed by atoms with E-state index in [1.807, 2.05) is 11.6 Å². The summed E-state index contributed by atoms with van der Waals surface area (Å²) in [6.07, 6.45) is 3.58. The van der Waals surface area contributed by atoms with Crippen molar-refractivity contribution >= 4 is 0 Å². The lowest BCUT2D eigenvalue weighted by Crippen LogP contribution is -2.41. The maximum Gasteiger partial charge on any atom is 0.0648 e. The lowest BCUT2D eigenvalue weighted by atomic mass is 10.0. The second-order valence-corrected chi connectivity index (χ2v) is 6.31. The molecule has 1 saturated heterocycles. The quantitative estimate of drug-likeness (QED) is 0.944. The van der Waals surface area contributed by atoms with Gasteiger partial charge in [-0.25, -0.2) is 4.68 Å². The lowest BCUT2D eigenvalue weighted by molar-refractivity contribution is 0.0841. The SMILES string of the molecule is Cc1cc(C)n(-c2ccc(CN3CCCCC3CO)cc2)n1. The summed E-state index contributed by atoms with van der Waals surface area (Å²) in [4.78, 5) is 2.40. The number of hydrogen-bond acceptors (Lipinski definition) is 3. The van der Waals surface area contributed by atoms with Gasteiger partial charge in [0.05, 0.1) is 18.0 Å². The minimum Gasteiger partial charge on any atom is -0.395 e. The fraction of sp³-hybridized carbons (Fsp3) is 0.500. The van der Waals surface area contributed by atoms with Crippen molar-refractivity contribution in [1.29, 1.82) is 0 Å². The Morgan fingerprint density at radius 1 is 1.18 bits per heavy atom. The fourth-order valence-electron chi connectivity index (χ4n) is 3.34. The monoisotopic (exact) mass is 299 g/mol. The highest BCUT2D eigenvalue weighted by atomic mass is 16.3. The number of aromatic nitrogens is 2. The fourth-order valence-corrected chi connectivity index (χ4v) is 3.34. The van der Waals surface area contributed by atoms with Gasteiger partial charge in [-0.15, -0.1) is 0 Å². The van der Waals surface area contributed by atoms with Crippen molar-refractivity contribution in [2.45, 2.75) is 45.7 Å². The van der Waals surface area contributed by atoms with Gasteiger partial charge in [0.2, 0.25) is 0 Å². The first-order valence-electron chi connectivity index (χ1n) is 8.15. The first-order chi connectivity index (χ1) is 10.7. The molecule has 0 spiro atoms. The van der Waals surface area contributed by atoms with Crippen LogP contribution in [0.4, 0.5) is 0 Å². The Bertz CT molecular complexity index is 618. The lowest BCUT2D eigenvalue weighted by Gasteiger charge is -2.34. The number of aryl methyl sites for hydroxylation is 2. The highest BCUT2D eigenvalue weighted by molar-refractivity contribution is 5.36. The highest BCUT2D eigenvalue weighted by Crippen LogP contribution is 2.20. The molecule has 1 aromatic carbocycles. The second kappa shape index (κ2) is 6.63. The second-order valence-electron chi connectivity index (χ2n) is 6.31. The van der Waals surface area contributed by atoms with Crippen molar-refractivity contribution in [3.05, 3.63) is 47.3 Å². The standard InChI is InChI=1S/C18H25N3O/c1-14-11-15(2)21(19-14)17-8-6-16(7-9-17)12-20-10-4-3-5-18(20)13-22/h6-9,11,18,22H,3-5,10,12-13H2,1-2H3. The summed E-state index contributed by atoms with van der Waals surface area (Å²) >= 11 is 0. The average Bonchev–Trinajstić information content (AvgIpc) is 2.87. The van der Waals surface area contributed by atoms with Gasteiger partial charge in [-0.3, -0.25) is 4.90 Å². The molecule has 2 heterocycles. The molecule has 22 heavy (non-hydrogen) atoms. The zero-order valence-electron chi connectivity index (χ0n) is 13.5. The van der Waals surface area contributed by atoms with E-state index in [0.717, 1.165) is 36.6 Å². The van der Waals surface area contributed by atoms with Crippen molar-refractivity contribution in [1.82, 2.24) is 14.7 Å². The maximum atomic E-state index is 9.51. The number of likely N-dealkylation sites (tertiary alicyclic amines) is 1. The molecule has 0 aliphatic carbocycles. The molecule has 1 N–H and O–H groups in total. The molecular weight excluding hydrogens is 274 g/mol. The Morgan fingerprint density at radius 3 is 2.59 bits per heavy atom. The molecule has 1 unspecified atom stereocenters. The summed E-state index contributed by atoms with van der Waals surface area (Å²) < 4.78 is 1.98. The molecule has 0 amide bonds. The van der Waals surface area contributed by atoms with Crippen molar-refractivity contribution in [2.24, 2.45) is 0 Å². The predicted molar refractivity (Wildman–Crippen MR) is 88.2 cm³/mol. The predicted octanol–water partition coefficient (Wildman–Crippen LogP) is 2.84. The van der Waals surface area contributed by atoms with Crippen molar-refractivity contribution in [3.8, 4) is 5.69 Å². The third-order valence-electron chi connectivity index (χ3n) is 4.54. The van der Waals surface area contributed by atoms with E-state index in [1.54, 1.807) is 0 Å². The minimum atomic E-state index is 0.268. The van der Waals surface area contributed by atoms with Crippen molar-refractivity contribution in [2.75, 3.05) is 13.2 Å². The Hall–Kier alpha value is -1.65. The molecule has 3 rings (SSSR count). The van der Waals surface area contributed by atoms with Crippen LogP contribution in [0.2, 0.25) is 0 Å². The van der Waals surface area contributed by atoms with Gasteiger partial charge >= 0.3 is 0 Å². The number of piperidine rings is 1. The Balaban J connectivity index is 1.72. The van der Waals surface area contributed by atoms with Crippen LogP contribution in [0.5, 0.6) is 0 Å². The Labute approximate surface area is 132 Å².